The molecule has 2 bridgehead atoms. The van der Waals surface area contributed by atoms with Gasteiger partial charge in [-0.3, -0.25) is 4.79 Å². The van der Waals surface area contributed by atoms with E-state index in [1.807, 2.05) is 11.9 Å². The lowest BCUT2D eigenvalue weighted by Crippen LogP contribution is -2.49. The summed E-state index contributed by atoms with van der Waals surface area (Å²) in [4.78, 5) is 15.8. The van der Waals surface area contributed by atoms with E-state index < -0.39 is 0 Å². The minimum atomic E-state index is 0. The van der Waals surface area contributed by atoms with Gasteiger partial charge in [0.15, 0.2) is 0 Å². The van der Waals surface area contributed by atoms with E-state index in [1.54, 1.807) is 11.8 Å². The van der Waals surface area contributed by atoms with Gasteiger partial charge in [0.1, 0.15) is 0 Å². The number of hydrogen-bond donors (Lipinski definition) is 1. The maximum absolute atomic E-state index is 12.6. The predicted octanol–water partition coefficient (Wildman–Crippen LogP) is 4.10. The van der Waals surface area contributed by atoms with Gasteiger partial charge in [-0.05, 0) is 48.6 Å². The van der Waals surface area contributed by atoms with Crippen molar-refractivity contribution in [3.8, 4) is 0 Å². The number of carbonyl (C=O) groups excluding carboxylic acids is 1. The van der Waals surface area contributed by atoms with Gasteiger partial charge in [0.05, 0.1) is 5.75 Å². The molecule has 25 heavy (non-hydrogen) atoms. The van der Waals surface area contributed by atoms with Gasteiger partial charge < -0.3 is 10.2 Å². The number of carbonyl (C=O) groups is 1. The van der Waals surface area contributed by atoms with E-state index in [0.29, 0.717) is 23.9 Å². The molecule has 2 aromatic carbocycles. The van der Waals surface area contributed by atoms with Crippen LogP contribution >= 0.6 is 24.2 Å². The zero-order chi connectivity index (χ0) is 16.5. The average molecular weight is 377 g/mol. The molecule has 5 heteroatoms. The van der Waals surface area contributed by atoms with Crippen LogP contribution in [0.4, 0.5) is 0 Å². The number of piperidine rings is 1. The quantitative estimate of drug-likeness (QED) is 0.815. The van der Waals surface area contributed by atoms with Gasteiger partial charge in [-0.25, -0.2) is 0 Å². The van der Waals surface area contributed by atoms with Crippen LogP contribution in [0.5, 0.6) is 0 Å². The molecule has 3 nitrogen and oxygen atoms in total. The molecule has 2 atom stereocenters. The Balaban J connectivity index is 0.00000182. The Morgan fingerprint density at radius 1 is 1.12 bits per heavy atom. The van der Waals surface area contributed by atoms with Crippen LogP contribution in [0.15, 0.2) is 47.4 Å². The third kappa shape index (κ3) is 4.13. The number of rotatable bonds is 4. The maximum atomic E-state index is 12.6. The van der Waals surface area contributed by atoms with E-state index in [9.17, 15) is 4.79 Å². The smallest absolute Gasteiger partial charge is 0.232 e. The van der Waals surface area contributed by atoms with Gasteiger partial charge in [0.25, 0.3) is 0 Å². The van der Waals surface area contributed by atoms with Gasteiger partial charge in [-0.2, -0.15) is 0 Å². The molecule has 2 saturated heterocycles. The lowest BCUT2D eigenvalue weighted by atomic mass is 9.98. The fourth-order valence-corrected chi connectivity index (χ4v) is 4.92. The number of thioether (sulfide) groups is 1. The highest BCUT2D eigenvalue weighted by Crippen LogP contribution is 2.30. The fourth-order valence-electron chi connectivity index (χ4n) is 4.05. The topological polar surface area (TPSA) is 32.3 Å². The van der Waals surface area contributed by atoms with Crippen molar-refractivity contribution in [2.75, 3.05) is 12.8 Å². The van der Waals surface area contributed by atoms with Crippen LogP contribution in [-0.4, -0.2) is 41.7 Å². The molecule has 2 fully saturated rings. The summed E-state index contributed by atoms with van der Waals surface area (Å²) in [5.41, 5.74) is 0. The molecule has 2 aliphatic heterocycles. The molecule has 134 valence electrons. The normalized spacial score (nSPS) is 24.8. The molecule has 4 rings (SSSR count). The number of fused-ring (bicyclic) bond motifs is 3. The van der Waals surface area contributed by atoms with Crippen LogP contribution in [0.25, 0.3) is 10.8 Å². The molecule has 0 radical (unpaired) electrons. The zero-order valence-corrected chi connectivity index (χ0v) is 16.1. The van der Waals surface area contributed by atoms with Crippen LogP contribution in [0, 0.1) is 0 Å². The molecule has 2 aromatic rings. The predicted molar refractivity (Wildman–Crippen MR) is 108 cm³/mol. The van der Waals surface area contributed by atoms with Crippen molar-refractivity contribution in [2.45, 2.75) is 48.7 Å². The monoisotopic (exact) mass is 376 g/mol. The molecule has 2 unspecified atom stereocenters. The largest absolute Gasteiger partial charge is 0.342 e. The maximum Gasteiger partial charge on any atom is 0.232 e. The molecular formula is C20H25ClN2OS. The van der Waals surface area contributed by atoms with Crippen LogP contribution in [0.1, 0.15) is 25.7 Å². The number of benzene rings is 2. The van der Waals surface area contributed by atoms with Crippen molar-refractivity contribution in [1.82, 2.24) is 10.2 Å². The minimum absolute atomic E-state index is 0. The van der Waals surface area contributed by atoms with Crippen molar-refractivity contribution in [2.24, 2.45) is 0 Å². The second kappa shape index (κ2) is 7.98. The number of nitrogens with one attached hydrogen (secondary N) is 1. The summed E-state index contributed by atoms with van der Waals surface area (Å²) in [6.07, 6.45) is 4.77. The van der Waals surface area contributed by atoms with Crippen molar-refractivity contribution >= 4 is 40.8 Å². The van der Waals surface area contributed by atoms with Crippen LogP contribution in [0.3, 0.4) is 0 Å². The SMILES string of the molecule is CN(C(=O)CSc1ccc2ccccc2c1)C1CC2CCC(C1)N2.Cl. The van der Waals surface area contributed by atoms with E-state index in [-0.39, 0.29) is 18.3 Å². The molecule has 0 aromatic heterocycles. The van der Waals surface area contributed by atoms with Gasteiger partial charge in [0.2, 0.25) is 5.91 Å². The summed E-state index contributed by atoms with van der Waals surface area (Å²) < 4.78 is 0. The number of hydrogen-bond acceptors (Lipinski definition) is 3. The molecule has 1 N–H and O–H groups in total. The lowest BCUT2D eigenvalue weighted by Gasteiger charge is -2.35. The number of halogens is 1. The van der Waals surface area contributed by atoms with Crippen LogP contribution < -0.4 is 5.32 Å². The molecule has 0 aliphatic carbocycles. The second-order valence-corrected chi connectivity index (χ2v) is 8.11. The Kier molecular flexibility index (Phi) is 5.92. The molecule has 2 aliphatic rings. The number of nitrogens with zero attached hydrogens (tertiary/aromatic N) is 1. The van der Waals surface area contributed by atoms with E-state index in [4.69, 9.17) is 0 Å². The van der Waals surface area contributed by atoms with E-state index in [0.717, 1.165) is 12.8 Å². The van der Waals surface area contributed by atoms with Crippen LogP contribution in [0.2, 0.25) is 0 Å². The Morgan fingerprint density at radius 2 is 1.80 bits per heavy atom. The van der Waals surface area contributed by atoms with Gasteiger partial charge in [-0.15, -0.1) is 24.2 Å². The molecule has 2 heterocycles. The third-order valence-corrected chi connectivity index (χ3v) is 6.45. The number of amides is 1. The van der Waals surface area contributed by atoms with Crippen molar-refractivity contribution in [3.63, 3.8) is 0 Å². The molecule has 0 spiro atoms. The van der Waals surface area contributed by atoms with E-state index in [2.05, 4.69) is 47.8 Å². The molecule has 1 amide bonds. The summed E-state index contributed by atoms with van der Waals surface area (Å²) in [5.74, 6) is 0.771. The summed E-state index contributed by atoms with van der Waals surface area (Å²) in [6, 6.07) is 16.4. The molecular weight excluding hydrogens is 352 g/mol. The van der Waals surface area contributed by atoms with Crippen LogP contribution in [-0.2, 0) is 4.79 Å². The third-order valence-electron chi connectivity index (χ3n) is 5.47. The highest BCUT2D eigenvalue weighted by atomic mass is 35.5. The first-order chi connectivity index (χ1) is 11.7. The highest BCUT2D eigenvalue weighted by molar-refractivity contribution is 8.00. The second-order valence-electron chi connectivity index (χ2n) is 7.07. The first-order valence-corrected chi connectivity index (χ1v) is 9.81. The Labute approximate surface area is 159 Å². The first kappa shape index (κ1) is 18.6. The summed E-state index contributed by atoms with van der Waals surface area (Å²) in [7, 11) is 1.98. The van der Waals surface area contributed by atoms with Crippen molar-refractivity contribution < 1.29 is 4.79 Å². The Morgan fingerprint density at radius 3 is 2.52 bits per heavy atom. The van der Waals surface area contributed by atoms with Gasteiger partial charge in [0, 0.05) is 30.1 Å². The fraction of sp³-hybridized carbons (Fsp3) is 0.450. The van der Waals surface area contributed by atoms with Crippen molar-refractivity contribution in [3.05, 3.63) is 42.5 Å². The lowest BCUT2D eigenvalue weighted by molar-refractivity contribution is -0.129. The Bertz CT molecular complexity index is 741. The highest BCUT2D eigenvalue weighted by Gasteiger charge is 2.36. The zero-order valence-electron chi connectivity index (χ0n) is 14.5. The average Bonchev–Trinajstić information content (AvgIpc) is 2.96. The Hall–Kier alpha value is -1.23. The summed E-state index contributed by atoms with van der Waals surface area (Å²) in [5, 5.41) is 6.13. The molecule has 0 saturated carbocycles. The first-order valence-electron chi connectivity index (χ1n) is 8.82. The summed E-state index contributed by atoms with van der Waals surface area (Å²) >= 11 is 1.65. The minimum Gasteiger partial charge on any atom is -0.342 e. The standard InChI is InChI=1S/C20H24N2OS.ClH/c1-22(18-11-16-7-8-17(12-18)21-16)20(23)13-24-19-9-6-14-4-2-3-5-15(14)10-19;/h2-6,9-10,16-18,21H,7-8,11-13H2,1H3;1H. The van der Waals surface area contributed by atoms with E-state index in [1.165, 1.54) is 28.5 Å². The summed E-state index contributed by atoms with van der Waals surface area (Å²) in [6.45, 7) is 0. The van der Waals surface area contributed by atoms with Crippen molar-refractivity contribution in [1.29, 1.82) is 0 Å². The van der Waals surface area contributed by atoms with Gasteiger partial charge >= 0.3 is 0 Å². The van der Waals surface area contributed by atoms with E-state index >= 15 is 0 Å². The van der Waals surface area contributed by atoms with Gasteiger partial charge in [-0.1, -0.05) is 30.3 Å².